The zero-order valence-corrected chi connectivity index (χ0v) is 11.6. The van der Waals surface area contributed by atoms with E-state index in [4.69, 9.17) is 0 Å². The summed E-state index contributed by atoms with van der Waals surface area (Å²) in [7, 11) is 0. The maximum Gasteiger partial charge on any atom is 0.234 e. The van der Waals surface area contributed by atoms with Crippen molar-refractivity contribution in [1.29, 1.82) is 0 Å². The van der Waals surface area contributed by atoms with Gasteiger partial charge in [0.1, 0.15) is 0 Å². The standard InChI is InChI=1S/C14H28N2O/c1-11(2)15-10-14(17)16-12(3)13-8-6-4-5-7-9-13/h11-13,15H,4-10H2,1-3H3,(H,16,17)/t12-/m0/s1. The first-order chi connectivity index (χ1) is 8.09. The van der Waals surface area contributed by atoms with Crippen LogP contribution in [0.25, 0.3) is 0 Å². The molecule has 1 aliphatic rings. The van der Waals surface area contributed by atoms with E-state index in [0.29, 0.717) is 24.5 Å². The van der Waals surface area contributed by atoms with Gasteiger partial charge in [-0.05, 0) is 25.7 Å². The van der Waals surface area contributed by atoms with Crippen LogP contribution in [0.2, 0.25) is 0 Å². The van der Waals surface area contributed by atoms with Crippen molar-refractivity contribution in [2.45, 2.75) is 71.4 Å². The molecule has 0 bridgehead atoms. The third kappa shape index (κ3) is 6.06. The summed E-state index contributed by atoms with van der Waals surface area (Å²) in [5.41, 5.74) is 0. The first kappa shape index (κ1) is 14.5. The number of carbonyl (C=O) groups is 1. The highest BCUT2D eigenvalue weighted by molar-refractivity contribution is 5.78. The molecule has 0 aromatic carbocycles. The molecule has 1 rings (SSSR count). The molecule has 1 fully saturated rings. The van der Waals surface area contributed by atoms with Crippen molar-refractivity contribution < 1.29 is 4.79 Å². The topological polar surface area (TPSA) is 41.1 Å². The summed E-state index contributed by atoms with van der Waals surface area (Å²) in [6.45, 7) is 6.71. The van der Waals surface area contributed by atoms with Crippen LogP contribution in [0, 0.1) is 5.92 Å². The molecule has 1 amide bonds. The van der Waals surface area contributed by atoms with E-state index in [-0.39, 0.29) is 5.91 Å². The van der Waals surface area contributed by atoms with Crippen LogP contribution >= 0.6 is 0 Å². The molecule has 1 atom stereocenters. The first-order valence-corrected chi connectivity index (χ1v) is 7.12. The number of hydrogen-bond donors (Lipinski definition) is 2. The van der Waals surface area contributed by atoms with Crippen molar-refractivity contribution in [3.63, 3.8) is 0 Å². The van der Waals surface area contributed by atoms with Gasteiger partial charge in [-0.25, -0.2) is 0 Å². The molecular weight excluding hydrogens is 212 g/mol. The molecule has 1 saturated carbocycles. The van der Waals surface area contributed by atoms with E-state index >= 15 is 0 Å². The van der Waals surface area contributed by atoms with Gasteiger partial charge >= 0.3 is 0 Å². The van der Waals surface area contributed by atoms with Crippen LogP contribution in [-0.4, -0.2) is 24.5 Å². The maximum absolute atomic E-state index is 11.7. The Morgan fingerprint density at radius 2 is 1.71 bits per heavy atom. The molecule has 100 valence electrons. The van der Waals surface area contributed by atoms with Crippen LogP contribution in [0.5, 0.6) is 0 Å². The maximum atomic E-state index is 11.7. The van der Waals surface area contributed by atoms with Crippen LogP contribution in [0.4, 0.5) is 0 Å². The average molecular weight is 240 g/mol. The second-order valence-electron chi connectivity index (χ2n) is 5.64. The van der Waals surface area contributed by atoms with Crippen LogP contribution < -0.4 is 10.6 Å². The fraction of sp³-hybridized carbons (Fsp3) is 0.929. The molecule has 1 aliphatic carbocycles. The van der Waals surface area contributed by atoms with E-state index in [1.54, 1.807) is 0 Å². The average Bonchev–Trinajstić information content (AvgIpc) is 2.54. The second kappa shape index (κ2) is 7.70. The lowest BCUT2D eigenvalue weighted by Crippen LogP contribution is -2.43. The van der Waals surface area contributed by atoms with E-state index in [1.165, 1.54) is 38.5 Å². The number of nitrogens with one attached hydrogen (secondary N) is 2. The minimum Gasteiger partial charge on any atom is -0.352 e. The molecule has 0 saturated heterocycles. The van der Waals surface area contributed by atoms with Gasteiger partial charge in [0.25, 0.3) is 0 Å². The largest absolute Gasteiger partial charge is 0.352 e. The summed E-state index contributed by atoms with van der Waals surface area (Å²) in [6.07, 6.45) is 7.94. The smallest absolute Gasteiger partial charge is 0.234 e. The lowest BCUT2D eigenvalue weighted by atomic mass is 9.93. The predicted molar refractivity (Wildman–Crippen MR) is 71.9 cm³/mol. The Bertz CT molecular complexity index is 220. The highest BCUT2D eigenvalue weighted by Gasteiger charge is 2.20. The Labute approximate surface area is 106 Å². The van der Waals surface area contributed by atoms with Gasteiger partial charge in [-0.3, -0.25) is 4.79 Å². The van der Waals surface area contributed by atoms with Gasteiger partial charge in [-0.15, -0.1) is 0 Å². The molecule has 0 aliphatic heterocycles. The van der Waals surface area contributed by atoms with Crippen molar-refractivity contribution >= 4 is 5.91 Å². The minimum atomic E-state index is 0.135. The van der Waals surface area contributed by atoms with Gasteiger partial charge in [-0.2, -0.15) is 0 Å². The highest BCUT2D eigenvalue weighted by Crippen LogP contribution is 2.25. The Morgan fingerprint density at radius 3 is 2.24 bits per heavy atom. The van der Waals surface area contributed by atoms with Crippen LogP contribution in [0.3, 0.4) is 0 Å². The third-order valence-electron chi connectivity index (χ3n) is 3.67. The molecule has 3 heteroatoms. The van der Waals surface area contributed by atoms with Gasteiger partial charge in [0.05, 0.1) is 6.54 Å². The van der Waals surface area contributed by atoms with Gasteiger partial charge in [0.15, 0.2) is 0 Å². The van der Waals surface area contributed by atoms with Crippen molar-refractivity contribution in [2.75, 3.05) is 6.54 Å². The van der Waals surface area contributed by atoms with Crippen molar-refractivity contribution in [3.05, 3.63) is 0 Å². The van der Waals surface area contributed by atoms with E-state index in [1.807, 2.05) is 0 Å². The highest BCUT2D eigenvalue weighted by atomic mass is 16.1. The van der Waals surface area contributed by atoms with Gasteiger partial charge in [0, 0.05) is 12.1 Å². The van der Waals surface area contributed by atoms with E-state index in [9.17, 15) is 4.79 Å². The van der Waals surface area contributed by atoms with Crippen molar-refractivity contribution in [3.8, 4) is 0 Å². The van der Waals surface area contributed by atoms with Gasteiger partial charge in [0.2, 0.25) is 5.91 Å². The van der Waals surface area contributed by atoms with Crippen LogP contribution in [-0.2, 0) is 4.79 Å². The monoisotopic (exact) mass is 240 g/mol. The Morgan fingerprint density at radius 1 is 1.12 bits per heavy atom. The van der Waals surface area contributed by atoms with Crippen LogP contribution in [0.15, 0.2) is 0 Å². The number of hydrogen-bond acceptors (Lipinski definition) is 2. The molecule has 0 spiro atoms. The van der Waals surface area contributed by atoms with Crippen molar-refractivity contribution in [2.24, 2.45) is 5.92 Å². The zero-order chi connectivity index (χ0) is 12.7. The Kier molecular flexibility index (Phi) is 6.56. The summed E-state index contributed by atoms with van der Waals surface area (Å²) < 4.78 is 0. The quantitative estimate of drug-likeness (QED) is 0.725. The Balaban J connectivity index is 2.26. The number of carbonyl (C=O) groups excluding carboxylic acids is 1. The summed E-state index contributed by atoms with van der Waals surface area (Å²) >= 11 is 0. The fourth-order valence-corrected chi connectivity index (χ4v) is 2.53. The summed E-state index contributed by atoms with van der Waals surface area (Å²) in [5.74, 6) is 0.816. The van der Waals surface area contributed by atoms with Gasteiger partial charge < -0.3 is 10.6 Å². The van der Waals surface area contributed by atoms with Crippen molar-refractivity contribution in [1.82, 2.24) is 10.6 Å². The normalized spacial score (nSPS) is 20.0. The lowest BCUT2D eigenvalue weighted by Gasteiger charge is -2.23. The first-order valence-electron chi connectivity index (χ1n) is 7.12. The summed E-state index contributed by atoms with van der Waals surface area (Å²) in [4.78, 5) is 11.7. The molecule has 0 aromatic rings. The predicted octanol–water partition coefficient (Wildman–Crippen LogP) is 2.46. The Hall–Kier alpha value is -0.570. The molecule has 0 aromatic heterocycles. The molecule has 2 N–H and O–H groups in total. The lowest BCUT2D eigenvalue weighted by molar-refractivity contribution is -0.121. The minimum absolute atomic E-state index is 0.135. The molecule has 17 heavy (non-hydrogen) atoms. The van der Waals surface area contributed by atoms with Gasteiger partial charge in [-0.1, -0.05) is 39.5 Å². The van der Waals surface area contributed by atoms with E-state index in [0.717, 1.165) is 0 Å². The summed E-state index contributed by atoms with van der Waals surface area (Å²) in [6, 6.07) is 0.698. The molecule has 0 unspecified atom stereocenters. The molecule has 3 nitrogen and oxygen atoms in total. The number of amides is 1. The third-order valence-corrected chi connectivity index (χ3v) is 3.67. The fourth-order valence-electron chi connectivity index (χ4n) is 2.53. The van der Waals surface area contributed by atoms with Crippen LogP contribution in [0.1, 0.15) is 59.3 Å². The van der Waals surface area contributed by atoms with E-state index in [2.05, 4.69) is 31.4 Å². The second-order valence-corrected chi connectivity index (χ2v) is 5.64. The SMILES string of the molecule is CC(C)NCC(=O)N[C@@H](C)C1CCCCCC1. The molecular formula is C14H28N2O. The number of rotatable bonds is 5. The molecule has 0 radical (unpaired) electrons. The summed E-state index contributed by atoms with van der Waals surface area (Å²) in [5, 5.41) is 6.29. The molecule has 0 heterocycles. The zero-order valence-electron chi connectivity index (χ0n) is 11.6. The van der Waals surface area contributed by atoms with E-state index < -0.39 is 0 Å².